The smallest absolute Gasteiger partial charge is 0.410 e. The summed E-state index contributed by atoms with van der Waals surface area (Å²) in [6.45, 7) is 14.6. The molecule has 0 radical (unpaired) electrons. The van der Waals surface area contributed by atoms with E-state index >= 15 is 0 Å². The molecule has 0 aliphatic carbocycles. The number of likely N-dealkylation sites (tertiary alicyclic amines) is 1. The Bertz CT molecular complexity index is 1010. The molecule has 0 bridgehead atoms. The largest absolute Gasteiger partial charge is 0.491 e. The van der Waals surface area contributed by atoms with Crippen LogP contribution in [0.5, 0.6) is 11.5 Å². The fraction of sp³-hybridized carbons (Fsp3) is 0.710. The predicted molar refractivity (Wildman–Crippen MR) is 149 cm³/mol. The molecule has 1 aromatic rings. The van der Waals surface area contributed by atoms with Crippen molar-refractivity contribution in [1.29, 1.82) is 0 Å². The van der Waals surface area contributed by atoms with Gasteiger partial charge in [0.05, 0.1) is 32.0 Å². The molecule has 3 aliphatic rings. The van der Waals surface area contributed by atoms with Crippen LogP contribution in [0.15, 0.2) is 29.8 Å². The van der Waals surface area contributed by atoms with E-state index in [2.05, 4.69) is 32.9 Å². The molecule has 3 aliphatic heterocycles. The van der Waals surface area contributed by atoms with Gasteiger partial charge in [0.1, 0.15) is 29.3 Å². The number of benzene rings is 1. The van der Waals surface area contributed by atoms with Crippen molar-refractivity contribution in [3.63, 3.8) is 0 Å². The van der Waals surface area contributed by atoms with Crippen LogP contribution in [0.1, 0.15) is 78.9 Å². The minimum atomic E-state index is -0.512. The first-order valence-electron chi connectivity index (χ1n) is 14.4. The monoisotopic (exact) mass is 545 g/mol. The quantitative estimate of drug-likeness (QED) is 0.316. The Kier molecular flexibility index (Phi) is 9.50. The molecule has 8 nitrogen and oxygen atoms in total. The highest BCUT2D eigenvalue weighted by molar-refractivity contribution is 5.68. The number of aliphatic hydroxyl groups excluding tert-OH is 1. The van der Waals surface area contributed by atoms with E-state index in [1.165, 1.54) is 5.57 Å². The standard InChI is InChI=1S/C31H47NO7/c1-21(2)8-7-12-31(6)25-18-22-20-32(29(34)39-30(3,4)5)13-11-26(22)37-28(25)24-10-9-23(19-27(24)38-31)36-17-16-35-15-14-33/h8-10,19,22,25-26,28,33H,7,11-18,20H2,1-6H3/t22-,25-,26-,28+,31+/m0/s1. The second-order valence-corrected chi connectivity index (χ2v) is 12.5. The summed E-state index contributed by atoms with van der Waals surface area (Å²) in [4.78, 5) is 14.7. The lowest BCUT2D eigenvalue weighted by molar-refractivity contribution is -0.191. The van der Waals surface area contributed by atoms with Crippen molar-refractivity contribution in [2.24, 2.45) is 11.8 Å². The molecule has 0 unspecified atom stereocenters. The average molecular weight is 546 g/mol. The minimum Gasteiger partial charge on any atom is -0.491 e. The van der Waals surface area contributed by atoms with Crippen molar-refractivity contribution in [2.45, 2.75) is 90.6 Å². The van der Waals surface area contributed by atoms with Crippen molar-refractivity contribution >= 4 is 6.09 Å². The van der Waals surface area contributed by atoms with Gasteiger partial charge in [-0.1, -0.05) is 11.6 Å². The summed E-state index contributed by atoms with van der Waals surface area (Å²) >= 11 is 0. The maximum absolute atomic E-state index is 12.8. The van der Waals surface area contributed by atoms with E-state index in [9.17, 15) is 4.79 Å². The average Bonchev–Trinajstić information content (AvgIpc) is 2.86. The fourth-order valence-corrected chi connectivity index (χ4v) is 6.02. The van der Waals surface area contributed by atoms with Crippen molar-refractivity contribution in [3.8, 4) is 11.5 Å². The van der Waals surface area contributed by atoms with E-state index in [0.29, 0.717) is 32.9 Å². The Hall–Kier alpha value is -2.29. The maximum Gasteiger partial charge on any atom is 0.410 e. The van der Waals surface area contributed by atoms with E-state index in [1.54, 1.807) is 0 Å². The van der Waals surface area contributed by atoms with Crippen molar-refractivity contribution in [1.82, 2.24) is 4.90 Å². The lowest BCUT2D eigenvalue weighted by Crippen LogP contribution is -2.57. The first-order valence-corrected chi connectivity index (χ1v) is 14.4. The van der Waals surface area contributed by atoms with Crippen molar-refractivity contribution in [3.05, 3.63) is 35.4 Å². The van der Waals surface area contributed by atoms with Gasteiger partial charge in [-0.15, -0.1) is 0 Å². The van der Waals surface area contributed by atoms with E-state index in [1.807, 2.05) is 37.8 Å². The highest BCUT2D eigenvalue weighted by Gasteiger charge is 2.53. The van der Waals surface area contributed by atoms with Crippen molar-refractivity contribution in [2.75, 3.05) is 39.5 Å². The van der Waals surface area contributed by atoms with Gasteiger partial charge >= 0.3 is 6.09 Å². The van der Waals surface area contributed by atoms with Crippen molar-refractivity contribution < 1.29 is 33.6 Å². The Morgan fingerprint density at radius 3 is 2.74 bits per heavy atom. The van der Waals surface area contributed by atoms with Crippen LogP contribution in [-0.4, -0.2) is 72.9 Å². The van der Waals surface area contributed by atoms with Crippen LogP contribution >= 0.6 is 0 Å². The van der Waals surface area contributed by atoms with E-state index < -0.39 is 11.2 Å². The number of carbonyl (C=O) groups is 1. The van der Waals surface area contributed by atoms with Gasteiger partial charge in [0.15, 0.2) is 0 Å². The molecular weight excluding hydrogens is 498 g/mol. The third kappa shape index (κ3) is 7.47. The molecule has 1 N–H and O–H groups in total. The predicted octanol–water partition coefficient (Wildman–Crippen LogP) is 5.68. The Morgan fingerprint density at radius 2 is 2.03 bits per heavy atom. The van der Waals surface area contributed by atoms with Crippen LogP contribution in [0.4, 0.5) is 4.79 Å². The third-order valence-electron chi connectivity index (χ3n) is 7.90. The molecule has 2 fully saturated rings. The molecule has 5 atom stereocenters. The van der Waals surface area contributed by atoms with Crippen LogP contribution in [0, 0.1) is 11.8 Å². The molecule has 8 heteroatoms. The molecule has 39 heavy (non-hydrogen) atoms. The number of piperidine rings is 1. The molecule has 0 spiro atoms. The summed E-state index contributed by atoms with van der Waals surface area (Å²) in [6.07, 6.45) is 5.58. The first-order chi connectivity index (χ1) is 18.5. The number of hydrogen-bond donors (Lipinski definition) is 1. The van der Waals surface area contributed by atoms with E-state index in [0.717, 1.165) is 42.7 Å². The number of ether oxygens (including phenoxy) is 5. The van der Waals surface area contributed by atoms with Gasteiger partial charge in [-0.25, -0.2) is 4.79 Å². The zero-order chi connectivity index (χ0) is 28.2. The molecule has 0 saturated carbocycles. The fourth-order valence-electron chi connectivity index (χ4n) is 6.02. The van der Waals surface area contributed by atoms with Gasteiger partial charge in [0, 0.05) is 36.6 Å². The van der Waals surface area contributed by atoms with Gasteiger partial charge < -0.3 is 33.7 Å². The summed E-state index contributed by atoms with van der Waals surface area (Å²) in [5.74, 6) is 1.94. The summed E-state index contributed by atoms with van der Waals surface area (Å²) in [6, 6.07) is 6.01. The number of aliphatic hydroxyl groups is 1. The van der Waals surface area contributed by atoms with Gasteiger partial charge in [-0.2, -0.15) is 0 Å². The lowest BCUT2D eigenvalue weighted by atomic mass is 9.68. The van der Waals surface area contributed by atoms with Crippen LogP contribution in [0.3, 0.4) is 0 Å². The van der Waals surface area contributed by atoms with E-state index in [4.69, 9.17) is 28.8 Å². The molecular formula is C31H47NO7. The molecule has 3 heterocycles. The highest BCUT2D eigenvalue weighted by Crippen LogP contribution is 2.54. The van der Waals surface area contributed by atoms with Gasteiger partial charge in [0.25, 0.3) is 0 Å². The number of hydrogen-bond acceptors (Lipinski definition) is 7. The minimum absolute atomic E-state index is 0.00144. The molecule has 218 valence electrons. The second kappa shape index (κ2) is 12.5. The van der Waals surface area contributed by atoms with Crippen LogP contribution in [-0.2, 0) is 14.2 Å². The SMILES string of the molecule is CC(C)=CCC[C@@]1(C)Oc2cc(OCCOCCO)ccc2[C@H]2O[C@H]3CCN(C(=O)OC(C)(C)C)C[C@@H]3C[C@@H]21. The highest BCUT2D eigenvalue weighted by atomic mass is 16.6. The summed E-state index contributed by atoms with van der Waals surface area (Å²) in [5.41, 5.74) is 1.43. The maximum atomic E-state index is 12.8. The number of fused-ring (bicyclic) bond motifs is 4. The molecule has 0 aromatic heterocycles. The van der Waals surface area contributed by atoms with Gasteiger partial charge in [-0.05, 0) is 79.4 Å². The van der Waals surface area contributed by atoms with Gasteiger partial charge in [0.2, 0.25) is 0 Å². The summed E-state index contributed by atoms with van der Waals surface area (Å²) < 4.78 is 30.6. The Balaban J connectivity index is 1.53. The molecule has 1 aromatic carbocycles. The number of nitrogens with zero attached hydrogens (tertiary/aromatic N) is 1. The zero-order valence-corrected chi connectivity index (χ0v) is 24.5. The van der Waals surface area contributed by atoms with Crippen LogP contribution in [0.2, 0.25) is 0 Å². The number of rotatable bonds is 9. The van der Waals surface area contributed by atoms with Crippen LogP contribution in [0.25, 0.3) is 0 Å². The topological polar surface area (TPSA) is 86.7 Å². The lowest BCUT2D eigenvalue weighted by Gasteiger charge is -2.54. The number of amides is 1. The van der Waals surface area contributed by atoms with Gasteiger partial charge in [-0.3, -0.25) is 0 Å². The molecule has 1 amide bonds. The van der Waals surface area contributed by atoms with E-state index in [-0.39, 0.29) is 36.7 Å². The third-order valence-corrected chi connectivity index (χ3v) is 7.90. The first kappa shape index (κ1) is 29.7. The normalized spacial score (nSPS) is 27.9. The molecule has 4 rings (SSSR count). The second-order valence-electron chi connectivity index (χ2n) is 12.5. The Morgan fingerprint density at radius 1 is 1.23 bits per heavy atom. The summed E-state index contributed by atoms with van der Waals surface area (Å²) in [7, 11) is 0. The number of carbonyl (C=O) groups excluding carboxylic acids is 1. The zero-order valence-electron chi connectivity index (χ0n) is 24.5. The summed E-state index contributed by atoms with van der Waals surface area (Å²) in [5, 5.41) is 8.88. The van der Waals surface area contributed by atoms with Crippen LogP contribution < -0.4 is 9.47 Å². The number of allylic oxidation sites excluding steroid dienone is 2. The molecule has 2 saturated heterocycles. The Labute approximate surface area is 233 Å².